The number of halogens is 2. The zero-order valence-corrected chi connectivity index (χ0v) is 17.2. The Hall–Kier alpha value is -1.20. The van der Waals surface area contributed by atoms with Crippen molar-refractivity contribution in [1.82, 2.24) is 4.98 Å². The molecule has 136 valence electrons. The van der Waals surface area contributed by atoms with E-state index in [1.807, 2.05) is 19.9 Å². The smallest absolute Gasteiger partial charge is 0.164 e. The molecule has 2 aliphatic rings. The minimum absolute atomic E-state index is 0.00832. The van der Waals surface area contributed by atoms with Gasteiger partial charge in [0.15, 0.2) is 5.79 Å². The van der Waals surface area contributed by atoms with Crippen LogP contribution in [0.4, 0.5) is 0 Å². The number of nitrogens with zero attached hydrogens (tertiary/aromatic N) is 1. The van der Waals surface area contributed by atoms with Crippen molar-refractivity contribution in [1.29, 1.82) is 0 Å². The topological polar surface area (TPSA) is 31.4 Å². The number of hydrogen-bond donors (Lipinski definition) is 0. The molecule has 1 aromatic heterocycles. The first kappa shape index (κ1) is 18.2. The summed E-state index contributed by atoms with van der Waals surface area (Å²) in [5.41, 5.74) is 4.16. The Labute approximate surface area is 167 Å². The molecule has 1 aromatic carbocycles. The van der Waals surface area contributed by atoms with E-state index in [1.54, 1.807) is 0 Å². The van der Waals surface area contributed by atoms with Crippen molar-refractivity contribution in [2.75, 3.05) is 0 Å². The number of hydrogen-bond acceptors (Lipinski definition) is 3. The average Bonchev–Trinajstić information content (AvgIpc) is 3.00. The summed E-state index contributed by atoms with van der Waals surface area (Å²) in [5.74, 6) is -0.333. The highest BCUT2D eigenvalue weighted by atomic mass is 79.9. The summed E-state index contributed by atoms with van der Waals surface area (Å²) in [6, 6.07) is 8.33. The van der Waals surface area contributed by atoms with Crippen molar-refractivity contribution in [2.45, 2.75) is 44.7 Å². The highest BCUT2D eigenvalue weighted by Crippen LogP contribution is 2.47. The van der Waals surface area contributed by atoms with Gasteiger partial charge >= 0.3 is 0 Å². The predicted molar refractivity (Wildman–Crippen MR) is 108 cm³/mol. The van der Waals surface area contributed by atoms with E-state index in [9.17, 15) is 0 Å². The molecule has 3 atom stereocenters. The van der Waals surface area contributed by atoms with Gasteiger partial charge in [-0.1, -0.05) is 36.9 Å². The van der Waals surface area contributed by atoms with E-state index in [1.165, 1.54) is 5.56 Å². The van der Waals surface area contributed by atoms with Gasteiger partial charge in [-0.05, 0) is 71.5 Å². The third kappa shape index (κ3) is 3.13. The summed E-state index contributed by atoms with van der Waals surface area (Å²) in [7, 11) is 0. The molecule has 1 aliphatic carbocycles. The van der Waals surface area contributed by atoms with Gasteiger partial charge in [0.1, 0.15) is 11.3 Å². The van der Waals surface area contributed by atoms with E-state index in [0.717, 1.165) is 39.4 Å². The molecular formula is C21H21BrClNO2. The minimum Gasteiger partial charge on any atom is -0.344 e. The van der Waals surface area contributed by atoms with Gasteiger partial charge in [0.25, 0.3) is 0 Å². The standard InChI is InChI=1S/C21H21BrClNO2/c1-11-12(2)18-19(26-21(3,4)25-18)15(11)8-6-13-5-7-14-10-16(22)20(23)24-17(14)9-13/h5,7,9-10,15,18-19H,1-2,6,8H2,3-4H3/t15-,18-,19+/m0/s1. The predicted octanol–water partition coefficient (Wildman–Crippen LogP) is 5.85. The first-order chi connectivity index (χ1) is 12.2. The normalized spacial score (nSPS) is 27.3. The second kappa shape index (κ2) is 6.45. The number of rotatable bonds is 3. The molecule has 0 unspecified atom stereocenters. The van der Waals surface area contributed by atoms with Gasteiger partial charge in [-0.3, -0.25) is 0 Å². The van der Waals surface area contributed by atoms with Crippen LogP contribution in [-0.4, -0.2) is 23.0 Å². The molecule has 2 heterocycles. The molecule has 2 fully saturated rings. The molecule has 1 aliphatic heterocycles. The van der Waals surface area contributed by atoms with Crippen LogP contribution in [-0.2, 0) is 15.9 Å². The van der Waals surface area contributed by atoms with Crippen LogP contribution in [0.15, 0.2) is 53.0 Å². The monoisotopic (exact) mass is 433 g/mol. The van der Waals surface area contributed by atoms with E-state index < -0.39 is 5.79 Å². The van der Waals surface area contributed by atoms with E-state index in [-0.39, 0.29) is 18.1 Å². The Balaban J connectivity index is 1.53. The Morgan fingerprint density at radius 2 is 1.96 bits per heavy atom. The Bertz CT molecular complexity index is 924. The highest BCUT2D eigenvalue weighted by molar-refractivity contribution is 9.10. The number of ether oxygens (including phenoxy) is 2. The first-order valence-electron chi connectivity index (χ1n) is 8.73. The lowest BCUT2D eigenvalue weighted by molar-refractivity contribution is -0.149. The number of aryl methyl sites for hydroxylation is 1. The quantitative estimate of drug-likeness (QED) is 0.568. The van der Waals surface area contributed by atoms with Crippen molar-refractivity contribution in [3.63, 3.8) is 0 Å². The van der Waals surface area contributed by atoms with Gasteiger partial charge in [-0.15, -0.1) is 0 Å². The van der Waals surface area contributed by atoms with Crippen LogP contribution in [0.1, 0.15) is 25.8 Å². The van der Waals surface area contributed by atoms with Gasteiger partial charge in [0, 0.05) is 11.3 Å². The van der Waals surface area contributed by atoms with Gasteiger partial charge in [-0.2, -0.15) is 0 Å². The lowest BCUT2D eigenvalue weighted by Gasteiger charge is -2.23. The second-order valence-corrected chi connectivity index (χ2v) is 8.72. The highest BCUT2D eigenvalue weighted by Gasteiger charge is 2.52. The van der Waals surface area contributed by atoms with Crippen molar-refractivity contribution in [2.24, 2.45) is 5.92 Å². The lowest BCUT2D eigenvalue weighted by atomic mass is 9.93. The number of benzene rings is 1. The number of pyridine rings is 1. The van der Waals surface area contributed by atoms with Crippen LogP contribution in [0.5, 0.6) is 0 Å². The Kier molecular flexibility index (Phi) is 4.51. The Morgan fingerprint density at radius 3 is 2.73 bits per heavy atom. The summed E-state index contributed by atoms with van der Waals surface area (Å²) in [4.78, 5) is 4.46. The van der Waals surface area contributed by atoms with Crippen molar-refractivity contribution in [3.05, 3.63) is 63.8 Å². The number of aromatic nitrogens is 1. The molecule has 1 saturated carbocycles. The molecule has 0 spiro atoms. The van der Waals surface area contributed by atoms with Crippen LogP contribution in [0.25, 0.3) is 10.9 Å². The van der Waals surface area contributed by atoms with Gasteiger partial charge < -0.3 is 9.47 Å². The Morgan fingerprint density at radius 1 is 1.19 bits per heavy atom. The van der Waals surface area contributed by atoms with Crippen LogP contribution < -0.4 is 0 Å². The summed E-state index contributed by atoms with van der Waals surface area (Å²) >= 11 is 9.55. The third-order valence-electron chi connectivity index (χ3n) is 5.27. The maximum atomic E-state index is 6.13. The molecule has 5 heteroatoms. The van der Waals surface area contributed by atoms with Gasteiger partial charge in [0.05, 0.1) is 16.1 Å². The number of fused-ring (bicyclic) bond motifs is 2. The average molecular weight is 435 g/mol. The summed E-state index contributed by atoms with van der Waals surface area (Å²) in [5, 5.41) is 1.55. The fourth-order valence-corrected chi connectivity index (χ4v) is 4.43. The van der Waals surface area contributed by atoms with E-state index in [0.29, 0.717) is 5.15 Å². The third-order valence-corrected chi connectivity index (χ3v) is 6.39. The van der Waals surface area contributed by atoms with Crippen LogP contribution >= 0.6 is 27.5 Å². The molecule has 0 N–H and O–H groups in total. The molecule has 1 saturated heterocycles. The maximum Gasteiger partial charge on any atom is 0.164 e. The van der Waals surface area contributed by atoms with Crippen molar-refractivity contribution in [3.8, 4) is 0 Å². The maximum absolute atomic E-state index is 6.13. The summed E-state index contributed by atoms with van der Waals surface area (Å²) in [6.07, 6.45) is 1.79. The molecule has 0 amide bonds. The van der Waals surface area contributed by atoms with E-state index >= 15 is 0 Å². The zero-order chi connectivity index (χ0) is 18.6. The summed E-state index contributed by atoms with van der Waals surface area (Å²) in [6.45, 7) is 12.3. The fourth-order valence-electron chi connectivity index (χ4n) is 3.95. The zero-order valence-electron chi connectivity index (χ0n) is 14.9. The second-order valence-electron chi connectivity index (χ2n) is 7.50. The van der Waals surface area contributed by atoms with Gasteiger partial charge in [0.2, 0.25) is 0 Å². The largest absolute Gasteiger partial charge is 0.344 e. The molecule has 0 radical (unpaired) electrons. The van der Waals surface area contributed by atoms with Gasteiger partial charge in [-0.25, -0.2) is 4.98 Å². The van der Waals surface area contributed by atoms with E-state index in [4.69, 9.17) is 21.1 Å². The fraction of sp³-hybridized carbons (Fsp3) is 0.381. The lowest BCUT2D eigenvalue weighted by Crippen LogP contribution is -2.26. The SMILES string of the molecule is C=C1C(=C)[C@@H]2OC(C)(C)O[C@@H]2[C@H]1CCc1ccc2cc(Br)c(Cl)nc2c1. The summed E-state index contributed by atoms with van der Waals surface area (Å²) < 4.78 is 13.0. The molecule has 4 rings (SSSR count). The first-order valence-corrected chi connectivity index (χ1v) is 9.90. The van der Waals surface area contributed by atoms with Crippen LogP contribution in [0.3, 0.4) is 0 Å². The van der Waals surface area contributed by atoms with E-state index in [2.05, 4.69) is 52.3 Å². The molecular weight excluding hydrogens is 414 g/mol. The van der Waals surface area contributed by atoms with Crippen LogP contribution in [0, 0.1) is 5.92 Å². The van der Waals surface area contributed by atoms with Crippen molar-refractivity contribution < 1.29 is 9.47 Å². The molecule has 2 aromatic rings. The van der Waals surface area contributed by atoms with Crippen molar-refractivity contribution >= 4 is 38.4 Å². The molecule has 3 nitrogen and oxygen atoms in total. The van der Waals surface area contributed by atoms with Crippen LogP contribution in [0.2, 0.25) is 5.15 Å². The minimum atomic E-state index is -0.561. The molecule has 26 heavy (non-hydrogen) atoms. The molecule has 0 bridgehead atoms.